The van der Waals surface area contributed by atoms with Gasteiger partial charge in [-0.3, -0.25) is 20.4 Å². The maximum Gasteiger partial charge on any atom is 0.280 e. The average molecular weight is 319 g/mol. The van der Waals surface area contributed by atoms with Crippen LogP contribution in [-0.4, -0.2) is 17.8 Å². The number of aliphatic carboxylic acids is 1. The van der Waals surface area contributed by atoms with Crippen LogP contribution in [0.15, 0.2) is 23.6 Å². The molecule has 1 aromatic rings. The fourth-order valence-corrected chi connectivity index (χ4v) is 4.19. The smallest absolute Gasteiger partial charge is 0.280 e. The van der Waals surface area contributed by atoms with Crippen LogP contribution in [0, 0.1) is 30.6 Å². The fraction of sp³-hybridized carbons (Fsp3) is 0.400. The van der Waals surface area contributed by atoms with Gasteiger partial charge in [-0.05, 0) is 42.2 Å². The molecule has 0 aromatic carbocycles. The van der Waals surface area contributed by atoms with Crippen LogP contribution in [0.25, 0.3) is 0 Å². The van der Waals surface area contributed by atoms with E-state index in [1.165, 1.54) is 11.3 Å². The van der Waals surface area contributed by atoms with Crippen molar-refractivity contribution in [1.29, 1.82) is 0 Å². The molecule has 0 radical (unpaired) electrons. The van der Waals surface area contributed by atoms with Crippen LogP contribution in [0.5, 0.6) is 0 Å². The van der Waals surface area contributed by atoms with Gasteiger partial charge in [0.1, 0.15) is 0 Å². The summed E-state index contributed by atoms with van der Waals surface area (Å²) in [4.78, 5) is 36.0. The number of fused-ring (bicyclic) bond motifs is 2. The van der Waals surface area contributed by atoms with Crippen LogP contribution in [-0.2, 0) is 9.59 Å². The van der Waals surface area contributed by atoms with Crippen molar-refractivity contribution in [1.82, 2.24) is 10.9 Å². The van der Waals surface area contributed by atoms with E-state index in [0.717, 1.165) is 5.56 Å². The van der Waals surface area contributed by atoms with E-state index in [-0.39, 0.29) is 11.8 Å². The van der Waals surface area contributed by atoms with Crippen molar-refractivity contribution in [2.24, 2.45) is 23.7 Å². The van der Waals surface area contributed by atoms with Gasteiger partial charge in [0.05, 0.1) is 10.8 Å². The fourth-order valence-electron chi connectivity index (χ4n) is 3.36. The first-order valence-electron chi connectivity index (χ1n) is 7.02. The topological polar surface area (TPSA) is 98.3 Å². The molecule has 2 aliphatic rings. The SMILES string of the molecule is Cc1ccsc1C(=O)NNC(=O)[C@H]1[C@@H](C(=O)[O-])[C@H]2C=C[C@@H]1C2. The number of thiophene rings is 1. The predicted molar refractivity (Wildman–Crippen MR) is 77.4 cm³/mol. The highest BCUT2D eigenvalue weighted by atomic mass is 32.1. The Morgan fingerprint density at radius 3 is 2.45 bits per heavy atom. The lowest BCUT2D eigenvalue weighted by molar-refractivity contribution is -0.313. The van der Waals surface area contributed by atoms with Gasteiger partial charge in [-0.1, -0.05) is 12.2 Å². The Morgan fingerprint density at radius 2 is 1.86 bits per heavy atom. The molecule has 22 heavy (non-hydrogen) atoms. The van der Waals surface area contributed by atoms with Crippen molar-refractivity contribution in [3.63, 3.8) is 0 Å². The summed E-state index contributed by atoms with van der Waals surface area (Å²) in [5.74, 6) is -3.86. The summed E-state index contributed by atoms with van der Waals surface area (Å²) < 4.78 is 0. The molecule has 0 unspecified atom stereocenters. The highest BCUT2D eigenvalue weighted by Gasteiger charge is 2.48. The number of carbonyl (C=O) groups is 3. The van der Waals surface area contributed by atoms with Crippen LogP contribution in [0.4, 0.5) is 0 Å². The number of hydrazine groups is 1. The number of rotatable bonds is 3. The van der Waals surface area contributed by atoms with Gasteiger partial charge < -0.3 is 9.90 Å². The maximum absolute atomic E-state index is 12.3. The van der Waals surface area contributed by atoms with Gasteiger partial charge in [-0.2, -0.15) is 0 Å². The molecule has 2 aliphatic carbocycles. The maximum atomic E-state index is 12.3. The average Bonchev–Trinajstić information content (AvgIpc) is 3.18. The number of aryl methyl sites for hydroxylation is 1. The molecule has 1 fully saturated rings. The monoisotopic (exact) mass is 319 g/mol. The van der Waals surface area contributed by atoms with E-state index in [1.807, 2.05) is 18.2 Å². The van der Waals surface area contributed by atoms with Gasteiger partial charge in [-0.15, -0.1) is 11.3 Å². The van der Waals surface area contributed by atoms with Gasteiger partial charge in [0.15, 0.2) is 0 Å². The lowest BCUT2D eigenvalue weighted by atomic mass is 9.82. The number of hydrogen-bond acceptors (Lipinski definition) is 5. The van der Waals surface area contributed by atoms with Crippen molar-refractivity contribution < 1.29 is 19.5 Å². The predicted octanol–water partition coefficient (Wildman–Crippen LogP) is 0.00572. The third kappa shape index (κ3) is 2.41. The van der Waals surface area contributed by atoms with E-state index in [1.54, 1.807) is 12.3 Å². The van der Waals surface area contributed by atoms with Crippen molar-refractivity contribution in [2.75, 3.05) is 0 Å². The summed E-state index contributed by atoms with van der Waals surface area (Å²) in [7, 11) is 0. The molecular formula is C15H15N2O4S-. The third-order valence-corrected chi connectivity index (χ3v) is 5.42. The molecule has 1 saturated carbocycles. The summed E-state index contributed by atoms with van der Waals surface area (Å²) in [6.07, 6.45) is 4.36. The molecule has 7 heteroatoms. The molecule has 3 rings (SSSR count). The Bertz CT molecular complexity index is 666. The molecule has 1 heterocycles. The summed E-state index contributed by atoms with van der Waals surface area (Å²) >= 11 is 1.28. The van der Waals surface area contributed by atoms with E-state index in [9.17, 15) is 19.5 Å². The normalized spacial score (nSPS) is 28.6. The zero-order valence-electron chi connectivity index (χ0n) is 11.9. The molecule has 2 N–H and O–H groups in total. The van der Waals surface area contributed by atoms with Crippen LogP contribution in [0.3, 0.4) is 0 Å². The number of carboxylic acid groups (broad SMARTS) is 1. The summed E-state index contributed by atoms with van der Waals surface area (Å²) in [6, 6.07) is 1.81. The lowest BCUT2D eigenvalue weighted by Gasteiger charge is -2.27. The van der Waals surface area contributed by atoms with E-state index in [0.29, 0.717) is 11.3 Å². The van der Waals surface area contributed by atoms with E-state index >= 15 is 0 Å². The first-order chi connectivity index (χ1) is 10.5. The van der Waals surface area contributed by atoms with Crippen molar-refractivity contribution in [3.05, 3.63) is 34.0 Å². The minimum Gasteiger partial charge on any atom is -0.550 e. The Morgan fingerprint density at radius 1 is 1.18 bits per heavy atom. The quantitative estimate of drug-likeness (QED) is 0.605. The number of carbonyl (C=O) groups excluding carboxylic acids is 3. The second-order valence-electron chi connectivity index (χ2n) is 5.70. The van der Waals surface area contributed by atoms with Gasteiger partial charge >= 0.3 is 0 Å². The Hall–Kier alpha value is -2.15. The van der Waals surface area contributed by atoms with Crippen molar-refractivity contribution in [2.45, 2.75) is 13.3 Å². The molecule has 2 bridgehead atoms. The Kier molecular flexibility index (Phi) is 3.74. The van der Waals surface area contributed by atoms with Crippen LogP contribution < -0.4 is 16.0 Å². The molecule has 4 atom stereocenters. The lowest BCUT2D eigenvalue weighted by Crippen LogP contribution is -2.50. The zero-order valence-corrected chi connectivity index (χ0v) is 12.7. The van der Waals surface area contributed by atoms with Gasteiger partial charge in [0.25, 0.3) is 5.91 Å². The summed E-state index contributed by atoms with van der Waals surface area (Å²) in [5, 5.41) is 13.1. The molecule has 6 nitrogen and oxygen atoms in total. The standard InChI is InChI=1S/C15H16N2O4S/c1-7-4-5-22-12(7)14(19)17-16-13(18)10-8-2-3-9(6-8)11(10)15(20)21/h2-5,8-11H,6H2,1H3,(H,16,18)(H,17,19)(H,20,21)/p-1/t8-,9+,10-,11+/m1/s1. The van der Waals surface area contributed by atoms with Crippen LogP contribution in [0.2, 0.25) is 0 Å². The number of carboxylic acids is 1. The van der Waals surface area contributed by atoms with E-state index < -0.39 is 29.6 Å². The minimum atomic E-state index is -1.21. The number of hydrogen-bond donors (Lipinski definition) is 2. The first kappa shape index (κ1) is 14.8. The zero-order chi connectivity index (χ0) is 15.9. The Balaban J connectivity index is 1.65. The molecular weight excluding hydrogens is 304 g/mol. The summed E-state index contributed by atoms with van der Waals surface area (Å²) in [6.45, 7) is 1.81. The van der Waals surface area contributed by atoms with Crippen LogP contribution in [0.1, 0.15) is 21.7 Å². The minimum absolute atomic E-state index is 0.103. The second kappa shape index (κ2) is 5.57. The Labute approximate surface area is 131 Å². The number of allylic oxidation sites excluding steroid dienone is 2. The highest BCUT2D eigenvalue weighted by Crippen LogP contribution is 2.47. The van der Waals surface area contributed by atoms with Gasteiger partial charge in [0.2, 0.25) is 5.91 Å². The second-order valence-corrected chi connectivity index (χ2v) is 6.61. The molecule has 0 aliphatic heterocycles. The largest absolute Gasteiger partial charge is 0.550 e. The number of amides is 2. The highest BCUT2D eigenvalue weighted by molar-refractivity contribution is 7.12. The van der Waals surface area contributed by atoms with Gasteiger partial charge in [0, 0.05) is 11.9 Å². The van der Waals surface area contributed by atoms with Gasteiger partial charge in [-0.25, -0.2) is 0 Å². The van der Waals surface area contributed by atoms with Crippen molar-refractivity contribution >= 4 is 29.1 Å². The molecule has 0 saturated heterocycles. The molecule has 0 spiro atoms. The molecule has 1 aromatic heterocycles. The molecule has 116 valence electrons. The first-order valence-corrected chi connectivity index (χ1v) is 7.90. The van der Waals surface area contributed by atoms with Crippen molar-refractivity contribution in [3.8, 4) is 0 Å². The third-order valence-electron chi connectivity index (χ3n) is 4.40. The van der Waals surface area contributed by atoms with E-state index in [4.69, 9.17) is 0 Å². The summed E-state index contributed by atoms with van der Waals surface area (Å²) in [5.41, 5.74) is 5.53. The molecule has 2 amide bonds. The van der Waals surface area contributed by atoms with Crippen LogP contribution >= 0.6 is 11.3 Å². The van der Waals surface area contributed by atoms with E-state index in [2.05, 4.69) is 10.9 Å². The number of nitrogens with one attached hydrogen (secondary N) is 2.